The van der Waals surface area contributed by atoms with Crippen LogP contribution in [0, 0.1) is 6.92 Å². The fourth-order valence-electron chi connectivity index (χ4n) is 0.691. The molecule has 0 aromatic carbocycles. The third-order valence-corrected chi connectivity index (χ3v) is 1.24. The van der Waals surface area contributed by atoms with Crippen LogP contribution in [0.1, 0.15) is 16.4 Å². The van der Waals surface area contributed by atoms with E-state index in [1.54, 1.807) is 21.0 Å². The summed E-state index contributed by atoms with van der Waals surface area (Å²) in [5.74, 6) is 0.372. The second-order valence-electron chi connectivity index (χ2n) is 2.45. The van der Waals surface area contributed by atoms with Crippen LogP contribution in [-0.2, 0) is 0 Å². The number of carbonyl (C=O) groups is 1. The number of oxazole rings is 1. The SMILES string of the molecule is Cc1nc(C(=O)N(C)C)co1. The zero-order chi connectivity index (χ0) is 8.43. The number of rotatable bonds is 1. The van der Waals surface area contributed by atoms with Gasteiger partial charge in [0.1, 0.15) is 6.26 Å². The largest absolute Gasteiger partial charge is 0.448 e. The van der Waals surface area contributed by atoms with Crippen molar-refractivity contribution in [1.82, 2.24) is 9.88 Å². The summed E-state index contributed by atoms with van der Waals surface area (Å²) in [7, 11) is 3.35. The van der Waals surface area contributed by atoms with E-state index in [1.165, 1.54) is 11.2 Å². The Morgan fingerprint density at radius 1 is 1.64 bits per heavy atom. The summed E-state index contributed by atoms with van der Waals surface area (Å²) in [4.78, 5) is 16.5. The quantitative estimate of drug-likeness (QED) is 0.597. The van der Waals surface area contributed by atoms with Gasteiger partial charge in [0.05, 0.1) is 0 Å². The smallest absolute Gasteiger partial charge is 0.275 e. The van der Waals surface area contributed by atoms with Crippen molar-refractivity contribution in [2.45, 2.75) is 6.92 Å². The predicted octanol–water partition coefficient (Wildman–Crippen LogP) is 0.685. The summed E-state index contributed by atoms with van der Waals surface area (Å²) in [5.41, 5.74) is 0.354. The highest BCUT2D eigenvalue weighted by Gasteiger charge is 2.11. The van der Waals surface area contributed by atoms with Gasteiger partial charge < -0.3 is 9.32 Å². The molecule has 0 aliphatic heterocycles. The minimum Gasteiger partial charge on any atom is -0.448 e. The van der Waals surface area contributed by atoms with Crippen LogP contribution >= 0.6 is 0 Å². The number of aromatic nitrogens is 1. The standard InChI is InChI=1S/C7H10N2O2/c1-5-8-6(4-11-5)7(10)9(2)3/h4H,1-3H3. The third kappa shape index (κ3) is 1.58. The van der Waals surface area contributed by atoms with E-state index in [0.29, 0.717) is 11.6 Å². The first-order chi connectivity index (χ1) is 5.11. The molecule has 60 valence electrons. The zero-order valence-corrected chi connectivity index (χ0v) is 6.79. The Bertz CT molecular complexity index is 265. The Balaban J connectivity index is 2.85. The molecule has 0 saturated heterocycles. The molecule has 0 aliphatic rings. The molecule has 1 rings (SSSR count). The number of carbonyl (C=O) groups excluding carboxylic acids is 1. The summed E-state index contributed by atoms with van der Waals surface area (Å²) in [6.45, 7) is 1.70. The highest BCUT2D eigenvalue weighted by atomic mass is 16.3. The van der Waals surface area contributed by atoms with Crippen LogP contribution in [0.15, 0.2) is 10.7 Å². The molecule has 0 bridgehead atoms. The first-order valence-electron chi connectivity index (χ1n) is 3.25. The van der Waals surface area contributed by atoms with Crippen molar-refractivity contribution in [2.24, 2.45) is 0 Å². The first-order valence-corrected chi connectivity index (χ1v) is 3.25. The van der Waals surface area contributed by atoms with Crippen LogP contribution in [-0.4, -0.2) is 29.9 Å². The first kappa shape index (κ1) is 7.78. The summed E-state index contributed by atoms with van der Waals surface area (Å²) in [5, 5.41) is 0. The van der Waals surface area contributed by atoms with Crippen molar-refractivity contribution in [3.05, 3.63) is 17.8 Å². The topological polar surface area (TPSA) is 46.3 Å². The van der Waals surface area contributed by atoms with Gasteiger partial charge in [-0.1, -0.05) is 0 Å². The van der Waals surface area contributed by atoms with Crippen LogP contribution in [0.25, 0.3) is 0 Å². The van der Waals surface area contributed by atoms with Crippen LogP contribution in [0.2, 0.25) is 0 Å². The lowest BCUT2D eigenvalue weighted by Gasteiger charge is -2.05. The van der Waals surface area contributed by atoms with Gasteiger partial charge in [-0.15, -0.1) is 0 Å². The average Bonchev–Trinajstić information content (AvgIpc) is 2.34. The number of aryl methyl sites for hydroxylation is 1. The number of amides is 1. The molecule has 1 aromatic rings. The van der Waals surface area contributed by atoms with E-state index in [-0.39, 0.29) is 5.91 Å². The van der Waals surface area contributed by atoms with Gasteiger partial charge in [-0.2, -0.15) is 0 Å². The predicted molar refractivity (Wildman–Crippen MR) is 39.3 cm³/mol. The lowest BCUT2D eigenvalue weighted by molar-refractivity contribution is 0.0822. The Kier molecular flexibility index (Phi) is 1.94. The lowest BCUT2D eigenvalue weighted by atomic mass is 10.4. The molecule has 4 nitrogen and oxygen atoms in total. The molecular weight excluding hydrogens is 144 g/mol. The summed E-state index contributed by atoms with van der Waals surface area (Å²) in [6.07, 6.45) is 1.36. The molecule has 1 aromatic heterocycles. The molecule has 0 radical (unpaired) electrons. The molecule has 0 saturated carbocycles. The lowest BCUT2D eigenvalue weighted by Crippen LogP contribution is -2.21. The van der Waals surface area contributed by atoms with Crippen LogP contribution < -0.4 is 0 Å². The summed E-state index contributed by atoms with van der Waals surface area (Å²) in [6, 6.07) is 0. The molecule has 0 aliphatic carbocycles. The van der Waals surface area contributed by atoms with Gasteiger partial charge in [0.2, 0.25) is 0 Å². The molecule has 0 fully saturated rings. The highest BCUT2D eigenvalue weighted by Crippen LogP contribution is 2.01. The van der Waals surface area contributed by atoms with Gasteiger partial charge in [-0.25, -0.2) is 4.98 Å². The molecular formula is C7H10N2O2. The Hall–Kier alpha value is -1.32. The van der Waals surface area contributed by atoms with Gasteiger partial charge in [0.15, 0.2) is 11.6 Å². The van der Waals surface area contributed by atoms with Crippen molar-refractivity contribution in [1.29, 1.82) is 0 Å². The van der Waals surface area contributed by atoms with Crippen LogP contribution in [0.5, 0.6) is 0 Å². The molecule has 0 unspecified atom stereocenters. The molecule has 0 N–H and O–H groups in total. The minimum absolute atomic E-state index is 0.137. The fraction of sp³-hybridized carbons (Fsp3) is 0.429. The zero-order valence-electron chi connectivity index (χ0n) is 6.79. The van der Waals surface area contributed by atoms with E-state index in [0.717, 1.165) is 0 Å². The maximum Gasteiger partial charge on any atom is 0.275 e. The van der Waals surface area contributed by atoms with Crippen molar-refractivity contribution in [3.63, 3.8) is 0 Å². The van der Waals surface area contributed by atoms with Crippen LogP contribution in [0.4, 0.5) is 0 Å². The molecule has 1 heterocycles. The Labute approximate surface area is 64.8 Å². The van der Waals surface area contributed by atoms with Crippen molar-refractivity contribution in [2.75, 3.05) is 14.1 Å². The van der Waals surface area contributed by atoms with Crippen molar-refractivity contribution < 1.29 is 9.21 Å². The van der Waals surface area contributed by atoms with E-state index in [4.69, 9.17) is 4.42 Å². The molecule has 1 amide bonds. The monoisotopic (exact) mass is 154 g/mol. The maximum atomic E-state index is 11.2. The van der Waals surface area contributed by atoms with E-state index in [2.05, 4.69) is 4.98 Å². The van der Waals surface area contributed by atoms with E-state index in [9.17, 15) is 4.79 Å². The highest BCUT2D eigenvalue weighted by molar-refractivity contribution is 5.91. The second kappa shape index (κ2) is 2.74. The number of hydrogen-bond acceptors (Lipinski definition) is 3. The van der Waals surface area contributed by atoms with E-state index >= 15 is 0 Å². The molecule has 0 spiro atoms. The molecule has 11 heavy (non-hydrogen) atoms. The van der Waals surface area contributed by atoms with Gasteiger partial charge in [0, 0.05) is 21.0 Å². The van der Waals surface area contributed by atoms with Crippen molar-refractivity contribution >= 4 is 5.91 Å². The third-order valence-electron chi connectivity index (χ3n) is 1.24. The molecule has 0 atom stereocenters. The van der Waals surface area contributed by atoms with Crippen molar-refractivity contribution in [3.8, 4) is 0 Å². The van der Waals surface area contributed by atoms with Gasteiger partial charge in [-0.05, 0) is 0 Å². The van der Waals surface area contributed by atoms with Crippen LogP contribution in [0.3, 0.4) is 0 Å². The van der Waals surface area contributed by atoms with E-state index in [1.807, 2.05) is 0 Å². The Morgan fingerprint density at radius 3 is 2.64 bits per heavy atom. The number of nitrogens with zero attached hydrogens (tertiary/aromatic N) is 2. The minimum atomic E-state index is -0.137. The maximum absolute atomic E-state index is 11.2. The van der Waals surface area contributed by atoms with E-state index < -0.39 is 0 Å². The summed E-state index contributed by atoms with van der Waals surface area (Å²) < 4.78 is 4.88. The fourth-order valence-corrected chi connectivity index (χ4v) is 0.691. The molecule has 4 heteroatoms. The van der Waals surface area contributed by atoms with Gasteiger partial charge in [0.25, 0.3) is 5.91 Å². The summed E-state index contributed by atoms with van der Waals surface area (Å²) >= 11 is 0. The Morgan fingerprint density at radius 2 is 2.27 bits per heavy atom. The average molecular weight is 154 g/mol. The van der Waals surface area contributed by atoms with Gasteiger partial charge in [-0.3, -0.25) is 4.79 Å². The number of hydrogen-bond donors (Lipinski definition) is 0. The normalized spacial score (nSPS) is 9.73. The second-order valence-corrected chi connectivity index (χ2v) is 2.45. The van der Waals surface area contributed by atoms with Gasteiger partial charge >= 0.3 is 0 Å².